The van der Waals surface area contributed by atoms with Crippen LogP contribution in [0.2, 0.25) is 0 Å². The third-order valence-corrected chi connectivity index (χ3v) is 4.62. The van der Waals surface area contributed by atoms with Crippen molar-refractivity contribution in [1.82, 2.24) is 19.9 Å². The number of anilines is 1. The number of carbonyl (C=O) groups is 1. The Hall–Kier alpha value is -3.67. The minimum atomic E-state index is -0.190. The van der Waals surface area contributed by atoms with Crippen molar-refractivity contribution in [3.05, 3.63) is 84.2 Å². The van der Waals surface area contributed by atoms with Crippen LogP contribution >= 0.6 is 0 Å². The van der Waals surface area contributed by atoms with Gasteiger partial charge >= 0.3 is 0 Å². The highest BCUT2D eigenvalue weighted by atomic mass is 16.1. The molecule has 0 aliphatic rings. The average molecular weight is 371 g/mol. The van der Waals surface area contributed by atoms with Crippen LogP contribution in [0.15, 0.2) is 73.1 Å². The number of hydrogen-bond acceptors (Lipinski definition) is 4. The van der Waals surface area contributed by atoms with Crippen molar-refractivity contribution in [3.63, 3.8) is 0 Å². The highest BCUT2D eigenvalue weighted by molar-refractivity contribution is 5.99. The largest absolute Gasteiger partial charge is 0.378 e. The number of rotatable bonds is 5. The third kappa shape index (κ3) is 3.44. The summed E-state index contributed by atoms with van der Waals surface area (Å²) in [5, 5.41) is 7.35. The molecule has 0 atom stereocenters. The Balaban J connectivity index is 1.55. The van der Waals surface area contributed by atoms with Gasteiger partial charge < -0.3 is 10.2 Å². The van der Waals surface area contributed by atoms with Crippen molar-refractivity contribution >= 4 is 17.2 Å². The number of nitrogens with one attached hydrogen (secondary N) is 1. The first-order chi connectivity index (χ1) is 13.6. The van der Waals surface area contributed by atoms with Crippen molar-refractivity contribution in [3.8, 4) is 11.3 Å². The molecule has 2 aromatic heterocycles. The van der Waals surface area contributed by atoms with Gasteiger partial charge in [0.2, 0.25) is 0 Å². The van der Waals surface area contributed by atoms with E-state index < -0.39 is 0 Å². The number of benzene rings is 2. The monoisotopic (exact) mass is 371 g/mol. The Morgan fingerprint density at radius 2 is 1.79 bits per heavy atom. The molecule has 0 aliphatic carbocycles. The number of fused-ring (bicyclic) bond motifs is 1. The molecule has 6 nitrogen and oxygen atoms in total. The van der Waals surface area contributed by atoms with Gasteiger partial charge in [-0.1, -0.05) is 42.5 Å². The van der Waals surface area contributed by atoms with Crippen LogP contribution in [0.25, 0.3) is 16.9 Å². The molecule has 28 heavy (non-hydrogen) atoms. The van der Waals surface area contributed by atoms with E-state index >= 15 is 0 Å². The Bertz CT molecular complexity index is 1100. The van der Waals surface area contributed by atoms with Gasteiger partial charge in [0, 0.05) is 38.1 Å². The van der Waals surface area contributed by atoms with E-state index in [1.807, 2.05) is 79.7 Å². The Labute approximate surface area is 163 Å². The number of hydrogen-bond donors (Lipinski definition) is 1. The summed E-state index contributed by atoms with van der Waals surface area (Å²) < 4.78 is 1.70. The number of nitrogens with zero attached hydrogens (tertiary/aromatic N) is 4. The van der Waals surface area contributed by atoms with Gasteiger partial charge in [-0.15, -0.1) is 0 Å². The summed E-state index contributed by atoms with van der Waals surface area (Å²) in [7, 11) is 4.00. The van der Waals surface area contributed by atoms with E-state index in [0.29, 0.717) is 17.8 Å². The first-order valence-electron chi connectivity index (χ1n) is 9.06. The predicted molar refractivity (Wildman–Crippen MR) is 110 cm³/mol. The number of carbonyl (C=O) groups excluding carboxylic acids is 1. The molecule has 0 radical (unpaired) electrons. The molecule has 0 aliphatic heterocycles. The van der Waals surface area contributed by atoms with E-state index in [4.69, 9.17) is 0 Å². The van der Waals surface area contributed by atoms with Gasteiger partial charge in [-0.05, 0) is 23.8 Å². The average Bonchev–Trinajstić information content (AvgIpc) is 3.17. The van der Waals surface area contributed by atoms with Crippen molar-refractivity contribution in [2.24, 2.45) is 0 Å². The maximum atomic E-state index is 12.7. The molecular weight excluding hydrogens is 350 g/mol. The quantitative estimate of drug-likeness (QED) is 0.584. The van der Waals surface area contributed by atoms with Crippen molar-refractivity contribution in [2.75, 3.05) is 19.0 Å². The summed E-state index contributed by atoms with van der Waals surface area (Å²) in [5.41, 5.74) is 5.07. The smallest absolute Gasteiger partial charge is 0.257 e. The van der Waals surface area contributed by atoms with E-state index in [1.165, 1.54) is 0 Å². The van der Waals surface area contributed by atoms with Gasteiger partial charge in [-0.2, -0.15) is 5.10 Å². The fourth-order valence-corrected chi connectivity index (χ4v) is 3.07. The van der Waals surface area contributed by atoms with Crippen molar-refractivity contribution in [2.45, 2.75) is 6.54 Å². The standard InChI is InChI=1S/C22H21N5O/c1-26(2)18-10-8-16(9-11-18)14-24-22(28)19-15-25-27-20(12-13-23-21(19)27)17-6-4-3-5-7-17/h3-13,15H,14H2,1-2H3,(H,24,28). The highest BCUT2D eigenvalue weighted by Crippen LogP contribution is 2.20. The van der Waals surface area contributed by atoms with Crippen molar-refractivity contribution < 1.29 is 4.79 Å². The van der Waals surface area contributed by atoms with E-state index in [1.54, 1.807) is 16.9 Å². The molecular formula is C22H21N5O. The second-order valence-electron chi connectivity index (χ2n) is 6.73. The van der Waals surface area contributed by atoms with E-state index in [0.717, 1.165) is 22.5 Å². The summed E-state index contributed by atoms with van der Waals surface area (Å²) in [6.07, 6.45) is 3.27. The summed E-state index contributed by atoms with van der Waals surface area (Å²) in [5.74, 6) is -0.190. The zero-order chi connectivity index (χ0) is 19.5. The molecule has 1 N–H and O–H groups in total. The van der Waals surface area contributed by atoms with Crippen molar-refractivity contribution in [1.29, 1.82) is 0 Å². The highest BCUT2D eigenvalue weighted by Gasteiger charge is 2.16. The van der Waals surface area contributed by atoms with Crippen LogP contribution in [-0.2, 0) is 6.54 Å². The number of amides is 1. The molecule has 0 unspecified atom stereocenters. The van der Waals surface area contributed by atoms with Gasteiger partial charge in [0.15, 0.2) is 5.65 Å². The van der Waals surface area contributed by atoms with Crippen LogP contribution in [0.1, 0.15) is 15.9 Å². The van der Waals surface area contributed by atoms with Crippen LogP contribution < -0.4 is 10.2 Å². The van der Waals surface area contributed by atoms with Crippen LogP contribution in [0.5, 0.6) is 0 Å². The van der Waals surface area contributed by atoms with Crippen LogP contribution in [-0.4, -0.2) is 34.6 Å². The molecule has 2 aromatic carbocycles. The van der Waals surface area contributed by atoms with Gasteiger partial charge in [-0.25, -0.2) is 9.50 Å². The maximum Gasteiger partial charge on any atom is 0.257 e. The van der Waals surface area contributed by atoms with E-state index in [2.05, 4.69) is 15.4 Å². The normalized spacial score (nSPS) is 10.8. The third-order valence-electron chi connectivity index (χ3n) is 4.62. The molecule has 4 aromatic rings. The lowest BCUT2D eigenvalue weighted by Gasteiger charge is -2.12. The Kier molecular flexibility index (Phi) is 4.76. The summed E-state index contributed by atoms with van der Waals surface area (Å²) in [6, 6.07) is 19.9. The minimum Gasteiger partial charge on any atom is -0.378 e. The molecule has 0 fully saturated rings. The van der Waals surface area contributed by atoms with Gasteiger partial charge in [0.1, 0.15) is 5.56 Å². The molecule has 4 rings (SSSR count). The fourth-order valence-electron chi connectivity index (χ4n) is 3.07. The summed E-state index contributed by atoms with van der Waals surface area (Å²) in [6.45, 7) is 0.447. The molecule has 0 saturated heterocycles. The molecule has 6 heteroatoms. The SMILES string of the molecule is CN(C)c1ccc(CNC(=O)c2cnn3c(-c4ccccc4)ccnc23)cc1. The van der Waals surface area contributed by atoms with Gasteiger partial charge in [0.05, 0.1) is 11.9 Å². The molecule has 0 spiro atoms. The second kappa shape index (κ2) is 7.52. The molecule has 140 valence electrons. The lowest BCUT2D eigenvalue weighted by Crippen LogP contribution is -2.22. The van der Waals surface area contributed by atoms with Crippen LogP contribution in [0, 0.1) is 0 Å². The topological polar surface area (TPSA) is 62.5 Å². The molecule has 1 amide bonds. The van der Waals surface area contributed by atoms with E-state index in [9.17, 15) is 4.79 Å². The van der Waals surface area contributed by atoms with E-state index in [-0.39, 0.29) is 5.91 Å². The molecule has 0 bridgehead atoms. The number of aromatic nitrogens is 3. The first kappa shape index (κ1) is 17.7. The zero-order valence-electron chi connectivity index (χ0n) is 15.8. The summed E-state index contributed by atoms with van der Waals surface area (Å²) in [4.78, 5) is 19.1. The predicted octanol–water partition coefficient (Wildman–Crippen LogP) is 3.39. The zero-order valence-corrected chi connectivity index (χ0v) is 15.8. The lowest BCUT2D eigenvalue weighted by atomic mass is 10.1. The molecule has 2 heterocycles. The minimum absolute atomic E-state index is 0.190. The summed E-state index contributed by atoms with van der Waals surface area (Å²) >= 11 is 0. The van der Waals surface area contributed by atoms with Gasteiger partial charge in [0.25, 0.3) is 5.91 Å². The molecule has 0 saturated carbocycles. The first-order valence-corrected chi connectivity index (χ1v) is 9.06. The lowest BCUT2D eigenvalue weighted by molar-refractivity contribution is 0.0952. The van der Waals surface area contributed by atoms with Crippen LogP contribution in [0.4, 0.5) is 5.69 Å². The fraction of sp³-hybridized carbons (Fsp3) is 0.136. The Morgan fingerprint density at radius 1 is 1.04 bits per heavy atom. The maximum absolute atomic E-state index is 12.7. The Morgan fingerprint density at radius 3 is 2.50 bits per heavy atom. The van der Waals surface area contributed by atoms with Crippen LogP contribution in [0.3, 0.4) is 0 Å². The second-order valence-corrected chi connectivity index (χ2v) is 6.73. The van der Waals surface area contributed by atoms with Gasteiger partial charge in [-0.3, -0.25) is 4.79 Å².